The van der Waals surface area contributed by atoms with Gasteiger partial charge in [0.05, 0.1) is 30.2 Å². The van der Waals surface area contributed by atoms with Gasteiger partial charge in [-0.25, -0.2) is 4.98 Å². The van der Waals surface area contributed by atoms with Crippen LogP contribution in [0.5, 0.6) is 5.88 Å². The average Bonchev–Trinajstić information content (AvgIpc) is 3.35. The molecular formula is C25H25N5O2. The van der Waals surface area contributed by atoms with Crippen LogP contribution in [0.4, 0.5) is 0 Å². The number of rotatable bonds is 4. The fourth-order valence-electron chi connectivity index (χ4n) is 4.29. The summed E-state index contributed by atoms with van der Waals surface area (Å²) in [6.07, 6.45) is 6.60. The Bertz CT molecular complexity index is 1250. The predicted molar refractivity (Wildman–Crippen MR) is 122 cm³/mol. The number of likely N-dealkylation sites (tertiary alicyclic amines) is 1. The van der Waals surface area contributed by atoms with Crippen LogP contribution in [0.2, 0.25) is 0 Å². The number of carbonyl (C=O) groups is 1. The molecule has 0 bridgehead atoms. The molecule has 1 aliphatic heterocycles. The second-order valence-corrected chi connectivity index (χ2v) is 8.30. The van der Waals surface area contributed by atoms with Crippen LogP contribution in [0, 0.1) is 6.92 Å². The third-order valence-corrected chi connectivity index (χ3v) is 6.03. The number of benzene rings is 2. The molecule has 1 saturated heterocycles. The minimum atomic E-state index is -0.121. The van der Waals surface area contributed by atoms with Gasteiger partial charge in [-0.05, 0) is 56.3 Å². The van der Waals surface area contributed by atoms with Crippen molar-refractivity contribution < 1.29 is 9.53 Å². The van der Waals surface area contributed by atoms with Gasteiger partial charge >= 0.3 is 0 Å². The molecule has 1 fully saturated rings. The van der Waals surface area contributed by atoms with Crippen molar-refractivity contribution in [3.05, 3.63) is 78.2 Å². The molecule has 1 aliphatic rings. The number of aryl methyl sites for hydroxylation is 1. The number of carbonyl (C=O) groups excluding carboxylic acids is 1. The summed E-state index contributed by atoms with van der Waals surface area (Å²) in [5.74, 6) is 0.583. The zero-order valence-corrected chi connectivity index (χ0v) is 18.2. The quantitative estimate of drug-likeness (QED) is 0.488. The molecule has 162 valence electrons. The molecule has 1 amide bonds. The van der Waals surface area contributed by atoms with E-state index in [1.807, 2.05) is 60.4 Å². The Kier molecular flexibility index (Phi) is 5.31. The maximum atomic E-state index is 13.7. The van der Waals surface area contributed by atoms with E-state index >= 15 is 0 Å². The first-order chi connectivity index (χ1) is 15.6. The Balaban J connectivity index is 1.42. The van der Waals surface area contributed by atoms with E-state index in [1.54, 1.807) is 18.6 Å². The molecule has 0 radical (unpaired) electrons. The van der Waals surface area contributed by atoms with Crippen LogP contribution in [-0.2, 0) is 0 Å². The molecule has 3 heterocycles. The van der Waals surface area contributed by atoms with E-state index in [4.69, 9.17) is 4.74 Å². The molecular weight excluding hydrogens is 402 g/mol. The molecule has 2 atom stereocenters. The van der Waals surface area contributed by atoms with Crippen molar-refractivity contribution in [2.75, 3.05) is 6.54 Å². The monoisotopic (exact) mass is 427 g/mol. The SMILES string of the molecule is Cc1ccc(-n2nccn2)c(C(=O)N2C[C@H](Oc3nccc4ccccc34)CC[C@H]2C)c1. The van der Waals surface area contributed by atoms with Crippen LogP contribution in [0.1, 0.15) is 35.7 Å². The van der Waals surface area contributed by atoms with Gasteiger partial charge in [0.15, 0.2) is 0 Å². The van der Waals surface area contributed by atoms with Crippen molar-refractivity contribution in [1.82, 2.24) is 24.9 Å². The number of amides is 1. The summed E-state index contributed by atoms with van der Waals surface area (Å²) in [4.78, 5) is 21.5. The fraction of sp³-hybridized carbons (Fsp3) is 0.280. The first-order valence-electron chi connectivity index (χ1n) is 10.9. The number of hydrogen-bond donors (Lipinski definition) is 0. The molecule has 4 aromatic rings. The molecule has 0 unspecified atom stereocenters. The van der Waals surface area contributed by atoms with Crippen molar-refractivity contribution >= 4 is 16.7 Å². The van der Waals surface area contributed by atoms with Gasteiger partial charge in [-0.2, -0.15) is 15.0 Å². The molecule has 0 aliphatic carbocycles. The highest BCUT2D eigenvalue weighted by molar-refractivity contribution is 5.98. The van der Waals surface area contributed by atoms with Crippen molar-refractivity contribution in [1.29, 1.82) is 0 Å². The van der Waals surface area contributed by atoms with Gasteiger partial charge in [-0.1, -0.05) is 29.8 Å². The van der Waals surface area contributed by atoms with Crippen molar-refractivity contribution in [2.45, 2.75) is 38.8 Å². The van der Waals surface area contributed by atoms with Crippen molar-refractivity contribution in [2.24, 2.45) is 0 Å². The number of pyridine rings is 1. The lowest BCUT2D eigenvalue weighted by atomic mass is 9.99. The molecule has 0 N–H and O–H groups in total. The lowest BCUT2D eigenvalue weighted by Gasteiger charge is -2.38. The Morgan fingerprint density at radius 1 is 1.03 bits per heavy atom. The van der Waals surface area contributed by atoms with Gasteiger partial charge in [0.25, 0.3) is 5.91 Å². The summed E-state index contributed by atoms with van der Waals surface area (Å²) in [7, 11) is 0. The lowest BCUT2D eigenvalue weighted by Crippen LogP contribution is -2.49. The van der Waals surface area contributed by atoms with Gasteiger partial charge in [0.1, 0.15) is 6.10 Å². The first kappa shape index (κ1) is 20.2. The average molecular weight is 428 g/mol. The van der Waals surface area contributed by atoms with E-state index in [0.717, 1.165) is 29.2 Å². The van der Waals surface area contributed by atoms with E-state index in [-0.39, 0.29) is 18.1 Å². The second-order valence-electron chi connectivity index (χ2n) is 8.30. The van der Waals surface area contributed by atoms with E-state index in [2.05, 4.69) is 22.1 Å². The minimum Gasteiger partial charge on any atom is -0.472 e. The number of fused-ring (bicyclic) bond motifs is 1. The number of piperidine rings is 1. The number of nitrogens with zero attached hydrogens (tertiary/aromatic N) is 5. The van der Waals surface area contributed by atoms with Crippen LogP contribution in [-0.4, -0.2) is 49.5 Å². The summed E-state index contributed by atoms with van der Waals surface area (Å²) in [5, 5.41) is 10.5. The summed E-state index contributed by atoms with van der Waals surface area (Å²) in [6, 6.07) is 15.9. The minimum absolute atomic E-state index is 0.0346. The molecule has 7 heteroatoms. The zero-order valence-electron chi connectivity index (χ0n) is 18.2. The lowest BCUT2D eigenvalue weighted by molar-refractivity contribution is 0.0377. The third kappa shape index (κ3) is 3.82. The van der Waals surface area contributed by atoms with Crippen LogP contribution in [0.15, 0.2) is 67.1 Å². The predicted octanol–water partition coefficient (Wildman–Crippen LogP) is 4.20. The van der Waals surface area contributed by atoms with Crippen molar-refractivity contribution in [3.63, 3.8) is 0 Å². The van der Waals surface area contributed by atoms with E-state index < -0.39 is 0 Å². The molecule has 2 aromatic heterocycles. The molecule has 0 saturated carbocycles. The summed E-state index contributed by atoms with van der Waals surface area (Å²) < 4.78 is 6.32. The van der Waals surface area contributed by atoms with Crippen LogP contribution < -0.4 is 4.74 Å². The highest BCUT2D eigenvalue weighted by atomic mass is 16.5. The van der Waals surface area contributed by atoms with Crippen molar-refractivity contribution in [3.8, 4) is 11.6 Å². The van der Waals surface area contributed by atoms with Crippen LogP contribution >= 0.6 is 0 Å². The van der Waals surface area contributed by atoms with Gasteiger partial charge in [0, 0.05) is 17.6 Å². The zero-order chi connectivity index (χ0) is 22.1. The fourth-order valence-corrected chi connectivity index (χ4v) is 4.29. The smallest absolute Gasteiger partial charge is 0.256 e. The Morgan fingerprint density at radius 3 is 2.69 bits per heavy atom. The Labute approximate surface area is 186 Å². The molecule has 7 nitrogen and oxygen atoms in total. The summed E-state index contributed by atoms with van der Waals surface area (Å²) in [5.41, 5.74) is 2.29. The highest BCUT2D eigenvalue weighted by Gasteiger charge is 2.32. The Hall–Kier alpha value is -3.74. The van der Waals surface area contributed by atoms with E-state index in [1.165, 1.54) is 4.80 Å². The van der Waals surface area contributed by atoms with Gasteiger partial charge < -0.3 is 9.64 Å². The van der Waals surface area contributed by atoms with Gasteiger partial charge in [-0.3, -0.25) is 4.79 Å². The molecule has 0 spiro atoms. The molecule has 2 aromatic carbocycles. The second kappa shape index (κ2) is 8.42. The normalized spacial score (nSPS) is 18.6. The standard InChI is InChI=1S/C25H25N5O2/c1-17-7-10-23(30-27-13-14-28-30)22(15-17)25(31)29-16-20(9-8-18(29)2)32-24-21-6-4-3-5-19(21)11-12-26-24/h3-7,10-15,18,20H,8-9,16H2,1-2H3/t18-,20-/m1/s1. The number of hydrogen-bond acceptors (Lipinski definition) is 5. The number of aromatic nitrogens is 4. The van der Waals surface area contributed by atoms with Crippen LogP contribution in [0.25, 0.3) is 16.5 Å². The number of ether oxygens (including phenoxy) is 1. The Morgan fingerprint density at radius 2 is 1.84 bits per heavy atom. The van der Waals surface area contributed by atoms with Gasteiger partial charge in [0.2, 0.25) is 5.88 Å². The highest BCUT2D eigenvalue weighted by Crippen LogP contribution is 2.28. The van der Waals surface area contributed by atoms with E-state index in [0.29, 0.717) is 23.7 Å². The summed E-state index contributed by atoms with van der Waals surface area (Å²) in [6.45, 7) is 4.57. The third-order valence-electron chi connectivity index (χ3n) is 6.03. The van der Waals surface area contributed by atoms with Gasteiger partial charge in [-0.15, -0.1) is 0 Å². The maximum absolute atomic E-state index is 13.7. The van der Waals surface area contributed by atoms with E-state index in [9.17, 15) is 4.79 Å². The molecule has 5 rings (SSSR count). The first-order valence-corrected chi connectivity index (χ1v) is 10.9. The molecule has 32 heavy (non-hydrogen) atoms. The largest absolute Gasteiger partial charge is 0.472 e. The topological polar surface area (TPSA) is 73.1 Å². The van der Waals surface area contributed by atoms with Crippen LogP contribution in [0.3, 0.4) is 0 Å². The summed E-state index contributed by atoms with van der Waals surface area (Å²) >= 11 is 0. The maximum Gasteiger partial charge on any atom is 0.256 e.